The van der Waals surface area contributed by atoms with Gasteiger partial charge >= 0.3 is 0 Å². The van der Waals surface area contributed by atoms with Crippen molar-refractivity contribution in [2.24, 2.45) is 0 Å². The number of aromatic nitrogens is 2. The van der Waals surface area contributed by atoms with Gasteiger partial charge in [0, 0.05) is 57.6 Å². The van der Waals surface area contributed by atoms with E-state index in [4.69, 9.17) is 14.5 Å². The highest BCUT2D eigenvalue weighted by Crippen LogP contribution is 2.41. The Hall–Kier alpha value is -3.25. The predicted molar refractivity (Wildman–Crippen MR) is 185 cm³/mol. The average Bonchev–Trinajstić information content (AvgIpc) is 3.64. The maximum Gasteiger partial charge on any atom is 0.243 e. The van der Waals surface area contributed by atoms with Crippen molar-refractivity contribution in [1.29, 1.82) is 0 Å². The number of ether oxygens (including phenoxy) is 2. The second-order valence-corrected chi connectivity index (χ2v) is 15.3. The summed E-state index contributed by atoms with van der Waals surface area (Å²) in [5.74, 6) is 1.74. The van der Waals surface area contributed by atoms with Crippen molar-refractivity contribution in [1.82, 2.24) is 24.1 Å². The molecule has 0 amide bonds. The molecule has 47 heavy (non-hydrogen) atoms. The minimum Gasteiger partial charge on any atom is -0.497 e. The Morgan fingerprint density at radius 1 is 0.957 bits per heavy atom. The van der Waals surface area contributed by atoms with Crippen LogP contribution in [-0.4, -0.2) is 105 Å². The molecule has 3 saturated heterocycles. The number of rotatable bonds is 11. The first-order valence-electron chi connectivity index (χ1n) is 17.1. The van der Waals surface area contributed by atoms with Crippen molar-refractivity contribution < 1.29 is 17.9 Å². The van der Waals surface area contributed by atoms with Gasteiger partial charge in [0.05, 0.1) is 18.6 Å². The van der Waals surface area contributed by atoms with Crippen molar-refractivity contribution in [2.75, 3.05) is 71.4 Å². The second kappa shape index (κ2) is 14.5. The van der Waals surface area contributed by atoms with Crippen LogP contribution in [0.2, 0.25) is 0 Å². The first-order chi connectivity index (χ1) is 22.7. The van der Waals surface area contributed by atoms with Crippen LogP contribution >= 0.6 is 0 Å². The van der Waals surface area contributed by atoms with Gasteiger partial charge in [0.1, 0.15) is 11.9 Å². The summed E-state index contributed by atoms with van der Waals surface area (Å²) in [5, 5.41) is 0. The van der Waals surface area contributed by atoms with E-state index in [0.717, 1.165) is 51.9 Å². The van der Waals surface area contributed by atoms with Gasteiger partial charge in [-0.1, -0.05) is 30.3 Å². The van der Waals surface area contributed by atoms with Crippen molar-refractivity contribution in [3.05, 3.63) is 71.4 Å². The van der Waals surface area contributed by atoms with Crippen molar-refractivity contribution in [2.45, 2.75) is 68.9 Å². The van der Waals surface area contributed by atoms with E-state index >= 15 is 0 Å². The molecule has 0 bridgehead atoms. The Bertz CT molecular complexity index is 1580. The highest BCUT2D eigenvalue weighted by atomic mass is 32.2. The molecule has 10 nitrogen and oxygen atoms in total. The average molecular weight is 663 g/mol. The van der Waals surface area contributed by atoms with Gasteiger partial charge in [-0.3, -0.25) is 4.90 Å². The van der Waals surface area contributed by atoms with Gasteiger partial charge in [0.2, 0.25) is 21.9 Å². The lowest BCUT2D eigenvalue weighted by Crippen LogP contribution is -2.53. The summed E-state index contributed by atoms with van der Waals surface area (Å²) in [7, 11) is -0.0800. The zero-order valence-electron chi connectivity index (χ0n) is 28.4. The summed E-state index contributed by atoms with van der Waals surface area (Å²) in [6.07, 6.45) is 7.80. The van der Waals surface area contributed by atoms with E-state index in [-0.39, 0.29) is 18.2 Å². The zero-order valence-corrected chi connectivity index (χ0v) is 29.2. The van der Waals surface area contributed by atoms with Gasteiger partial charge in [-0.05, 0) is 94.3 Å². The Balaban J connectivity index is 1.04. The van der Waals surface area contributed by atoms with Crippen LogP contribution in [0.15, 0.2) is 59.6 Å². The summed E-state index contributed by atoms with van der Waals surface area (Å²) in [6, 6.07) is 16.4. The van der Waals surface area contributed by atoms with E-state index < -0.39 is 10.0 Å². The lowest BCUT2D eigenvalue weighted by atomic mass is 9.79. The van der Waals surface area contributed by atoms with Crippen LogP contribution in [0.4, 0.5) is 5.95 Å². The summed E-state index contributed by atoms with van der Waals surface area (Å²) in [5.41, 5.74) is 2.98. The topological polar surface area (TPSA) is 91.3 Å². The quantitative estimate of drug-likeness (QED) is 0.286. The minimum absolute atomic E-state index is 0.148. The van der Waals surface area contributed by atoms with Crippen LogP contribution in [0.25, 0.3) is 0 Å². The van der Waals surface area contributed by atoms with Crippen LogP contribution in [0.1, 0.15) is 55.2 Å². The van der Waals surface area contributed by atoms with Gasteiger partial charge in [-0.25, -0.2) is 13.4 Å². The largest absolute Gasteiger partial charge is 0.497 e. The van der Waals surface area contributed by atoms with Gasteiger partial charge in [-0.15, -0.1) is 0 Å². The van der Waals surface area contributed by atoms with E-state index in [9.17, 15) is 8.42 Å². The van der Waals surface area contributed by atoms with E-state index in [1.807, 2.05) is 20.9 Å². The smallest absolute Gasteiger partial charge is 0.243 e. The maximum atomic E-state index is 13.7. The number of likely N-dealkylation sites (N-methyl/N-ethyl adjacent to an activating group) is 1. The zero-order chi connectivity index (χ0) is 33.0. The van der Waals surface area contributed by atoms with E-state index in [1.54, 1.807) is 35.8 Å². The van der Waals surface area contributed by atoms with Crippen LogP contribution in [0.3, 0.4) is 0 Å². The minimum atomic E-state index is -3.69. The van der Waals surface area contributed by atoms with Crippen LogP contribution in [0, 0.1) is 13.8 Å². The first kappa shape index (κ1) is 33.6. The molecule has 0 saturated carbocycles. The number of hydrogen-bond acceptors (Lipinski definition) is 9. The first-order valence-corrected chi connectivity index (χ1v) is 18.5. The molecular formula is C36H50N6O4S. The molecule has 4 heterocycles. The summed E-state index contributed by atoms with van der Waals surface area (Å²) >= 11 is 0. The number of piperidine rings is 2. The van der Waals surface area contributed by atoms with Crippen LogP contribution in [-0.2, 0) is 15.6 Å². The van der Waals surface area contributed by atoms with E-state index in [1.165, 1.54) is 31.5 Å². The van der Waals surface area contributed by atoms with Crippen molar-refractivity contribution >= 4 is 16.0 Å². The molecule has 2 aromatic carbocycles. The molecule has 0 aliphatic carbocycles. The molecule has 3 aliphatic heterocycles. The summed E-state index contributed by atoms with van der Waals surface area (Å²) < 4.78 is 40.7. The molecule has 11 heteroatoms. The third-order valence-corrected chi connectivity index (χ3v) is 12.5. The fraction of sp³-hybridized carbons (Fsp3) is 0.556. The summed E-state index contributed by atoms with van der Waals surface area (Å²) in [4.78, 5) is 17.0. The lowest BCUT2D eigenvalue weighted by Gasteiger charge is -2.48. The van der Waals surface area contributed by atoms with Crippen molar-refractivity contribution in [3.8, 4) is 11.6 Å². The molecule has 3 aromatic rings. The number of hydrogen-bond donors (Lipinski definition) is 0. The highest BCUT2D eigenvalue weighted by molar-refractivity contribution is 7.89. The number of sulfonamides is 1. The number of methoxy groups -OCH3 is 1. The van der Waals surface area contributed by atoms with Gasteiger partial charge < -0.3 is 19.3 Å². The molecule has 3 fully saturated rings. The molecule has 0 spiro atoms. The molecule has 6 rings (SSSR count). The number of aryl methyl sites for hydroxylation is 2. The van der Waals surface area contributed by atoms with Gasteiger partial charge in [0.15, 0.2) is 0 Å². The molecule has 254 valence electrons. The fourth-order valence-corrected chi connectivity index (χ4v) is 9.68. The second-order valence-electron chi connectivity index (χ2n) is 13.4. The number of benzene rings is 2. The van der Waals surface area contributed by atoms with Gasteiger partial charge in [0.25, 0.3) is 0 Å². The van der Waals surface area contributed by atoms with Crippen LogP contribution in [0.5, 0.6) is 11.6 Å². The summed E-state index contributed by atoms with van der Waals surface area (Å²) in [6.45, 7) is 10.7. The maximum absolute atomic E-state index is 13.7. The Morgan fingerprint density at radius 2 is 1.66 bits per heavy atom. The van der Waals surface area contributed by atoms with Crippen molar-refractivity contribution in [3.63, 3.8) is 0 Å². The third kappa shape index (κ3) is 7.28. The number of anilines is 1. The molecule has 3 aliphatic rings. The molecular weight excluding hydrogens is 613 g/mol. The third-order valence-electron chi connectivity index (χ3n) is 10.3. The number of nitrogens with zero attached hydrogens (tertiary/aromatic N) is 6. The molecule has 1 unspecified atom stereocenters. The molecule has 0 radical (unpaired) electrons. The monoisotopic (exact) mass is 662 g/mol. The fourth-order valence-electron chi connectivity index (χ4n) is 7.76. The van der Waals surface area contributed by atoms with E-state index in [0.29, 0.717) is 40.1 Å². The Labute approximate surface area is 280 Å². The molecule has 0 N–H and O–H groups in total. The standard InChI is InChI=1S/C36H50N6O4S/c1-28-25-32(45-4)26-29(2)34(28)47(43,44)42-20-10-13-31(27-42)46-33-14-17-37-35(38-33)39(3)23-24-40-21-15-36(16-22-40,41-18-8-9-19-41)30-11-6-5-7-12-30/h5-7,11-12,14,17,25-26,31H,8-10,13,15-16,18-24,27H2,1-4H3. The number of likely N-dealkylation sites (tertiary alicyclic amines) is 2. The van der Waals surface area contributed by atoms with Crippen LogP contribution < -0.4 is 14.4 Å². The lowest BCUT2D eigenvalue weighted by molar-refractivity contribution is 0.0351. The Kier molecular flexibility index (Phi) is 10.4. The molecule has 1 aromatic heterocycles. The van der Waals surface area contributed by atoms with Gasteiger partial charge in [-0.2, -0.15) is 9.29 Å². The predicted octanol–water partition coefficient (Wildman–Crippen LogP) is 4.86. The Morgan fingerprint density at radius 3 is 2.34 bits per heavy atom. The normalized spacial score (nSPS) is 21.1. The SMILES string of the molecule is COc1cc(C)c(S(=O)(=O)N2CCCC(Oc3ccnc(N(C)CCN4CCC(c5ccccc5)(N5CCCC5)CC4)n3)C2)c(C)c1. The van der Waals surface area contributed by atoms with E-state index in [2.05, 4.69) is 50.0 Å². The molecule has 1 atom stereocenters. The highest BCUT2D eigenvalue weighted by Gasteiger charge is 2.42.